The summed E-state index contributed by atoms with van der Waals surface area (Å²) in [7, 11) is 1.59. The lowest BCUT2D eigenvalue weighted by Crippen LogP contribution is -2.02. The molecule has 0 bridgehead atoms. The summed E-state index contributed by atoms with van der Waals surface area (Å²) < 4.78 is 5.09. The van der Waals surface area contributed by atoms with Gasteiger partial charge in [0.05, 0.1) is 7.11 Å². The van der Waals surface area contributed by atoms with Crippen LogP contribution in [0.5, 0.6) is 5.75 Å². The first-order valence-corrected chi connectivity index (χ1v) is 6.05. The van der Waals surface area contributed by atoms with Crippen LogP contribution in [0.15, 0.2) is 47.4 Å². The number of benzene rings is 2. The number of rotatable bonds is 3. The Hall–Kier alpha value is -1.74. The summed E-state index contributed by atoms with van der Waals surface area (Å²) in [5, 5.41) is 0. The van der Waals surface area contributed by atoms with E-state index in [2.05, 4.69) is 12.6 Å². The van der Waals surface area contributed by atoms with Gasteiger partial charge in [0.2, 0.25) is 0 Å². The predicted molar refractivity (Wildman–Crippen MR) is 74.9 cm³/mol. The van der Waals surface area contributed by atoms with E-state index in [-0.39, 0.29) is 5.78 Å². The number of thiol groups is 1. The van der Waals surface area contributed by atoms with Crippen LogP contribution >= 0.6 is 12.6 Å². The third-order valence-corrected chi connectivity index (χ3v) is 3.13. The van der Waals surface area contributed by atoms with Crippen LogP contribution in [-0.4, -0.2) is 12.9 Å². The van der Waals surface area contributed by atoms with Gasteiger partial charge in [0, 0.05) is 16.0 Å². The van der Waals surface area contributed by atoms with Gasteiger partial charge in [0.15, 0.2) is 5.78 Å². The summed E-state index contributed by atoms with van der Waals surface area (Å²) in [6, 6.07) is 12.8. The Morgan fingerprint density at radius 2 is 1.78 bits per heavy atom. The second-order valence-electron chi connectivity index (χ2n) is 4.08. The second-order valence-corrected chi connectivity index (χ2v) is 4.56. The van der Waals surface area contributed by atoms with Crippen molar-refractivity contribution in [2.75, 3.05) is 7.11 Å². The Morgan fingerprint density at radius 1 is 1.11 bits per heavy atom. The van der Waals surface area contributed by atoms with Gasteiger partial charge in [-0.1, -0.05) is 29.8 Å². The summed E-state index contributed by atoms with van der Waals surface area (Å²) in [6.07, 6.45) is 0. The van der Waals surface area contributed by atoms with Crippen LogP contribution in [0.2, 0.25) is 0 Å². The Kier molecular flexibility index (Phi) is 3.72. The van der Waals surface area contributed by atoms with Gasteiger partial charge in [0.1, 0.15) is 5.75 Å². The molecule has 0 atom stereocenters. The van der Waals surface area contributed by atoms with E-state index < -0.39 is 0 Å². The maximum Gasteiger partial charge on any atom is 0.194 e. The van der Waals surface area contributed by atoms with Gasteiger partial charge in [-0.05, 0) is 25.1 Å². The molecule has 18 heavy (non-hydrogen) atoms. The first-order valence-electron chi connectivity index (χ1n) is 5.60. The van der Waals surface area contributed by atoms with E-state index in [1.54, 1.807) is 25.3 Å². The van der Waals surface area contributed by atoms with Crippen molar-refractivity contribution in [3.63, 3.8) is 0 Å². The quantitative estimate of drug-likeness (QED) is 0.673. The Morgan fingerprint density at radius 3 is 2.33 bits per heavy atom. The highest BCUT2D eigenvalue weighted by atomic mass is 32.1. The lowest BCUT2D eigenvalue weighted by atomic mass is 10.0. The summed E-state index contributed by atoms with van der Waals surface area (Å²) >= 11 is 4.33. The minimum Gasteiger partial charge on any atom is -0.497 e. The van der Waals surface area contributed by atoms with Gasteiger partial charge < -0.3 is 4.74 Å². The van der Waals surface area contributed by atoms with Crippen molar-refractivity contribution in [2.24, 2.45) is 0 Å². The van der Waals surface area contributed by atoms with Crippen LogP contribution in [0.3, 0.4) is 0 Å². The molecule has 92 valence electrons. The fourth-order valence-corrected chi connectivity index (χ4v) is 1.99. The van der Waals surface area contributed by atoms with Gasteiger partial charge in [-0.2, -0.15) is 0 Å². The number of ether oxygens (including phenoxy) is 1. The molecular formula is C15H14O2S. The maximum absolute atomic E-state index is 12.3. The second kappa shape index (κ2) is 5.27. The maximum atomic E-state index is 12.3. The lowest BCUT2D eigenvalue weighted by Gasteiger charge is -2.07. The summed E-state index contributed by atoms with van der Waals surface area (Å²) in [5.41, 5.74) is 2.39. The molecule has 2 aromatic carbocycles. The third kappa shape index (κ3) is 2.57. The third-order valence-electron chi connectivity index (χ3n) is 2.76. The zero-order valence-electron chi connectivity index (χ0n) is 10.3. The zero-order chi connectivity index (χ0) is 13.1. The largest absolute Gasteiger partial charge is 0.497 e. The first kappa shape index (κ1) is 12.7. The molecule has 0 saturated heterocycles. The SMILES string of the molecule is COc1ccc(C(=O)c2ccc(C)cc2)c(S)c1. The predicted octanol–water partition coefficient (Wildman–Crippen LogP) is 3.52. The molecular weight excluding hydrogens is 244 g/mol. The minimum absolute atomic E-state index is 0.0253. The molecule has 0 aliphatic carbocycles. The Bertz CT molecular complexity index is 574. The smallest absolute Gasteiger partial charge is 0.194 e. The van der Waals surface area contributed by atoms with Gasteiger partial charge >= 0.3 is 0 Å². The Balaban J connectivity index is 2.37. The summed E-state index contributed by atoms with van der Waals surface area (Å²) in [6.45, 7) is 1.99. The van der Waals surface area contributed by atoms with E-state index in [1.807, 2.05) is 31.2 Å². The molecule has 0 aliphatic rings. The molecule has 2 rings (SSSR count). The van der Waals surface area contributed by atoms with Crippen molar-refractivity contribution in [3.8, 4) is 5.75 Å². The number of aryl methyl sites for hydroxylation is 1. The van der Waals surface area contributed by atoms with E-state index in [1.165, 1.54) is 0 Å². The average Bonchev–Trinajstić information content (AvgIpc) is 2.38. The van der Waals surface area contributed by atoms with Crippen molar-refractivity contribution < 1.29 is 9.53 Å². The van der Waals surface area contributed by atoms with Crippen molar-refractivity contribution in [1.82, 2.24) is 0 Å². The minimum atomic E-state index is -0.0253. The molecule has 0 unspecified atom stereocenters. The van der Waals surface area contributed by atoms with Crippen LogP contribution in [0.1, 0.15) is 21.5 Å². The topological polar surface area (TPSA) is 26.3 Å². The molecule has 0 heterocycles. The van der Waals surface area contributed by atoms with E-state index in [9.17, 15) is 4.79 Å². The van der Waals surface area contributed by atoms with E-state index in [0.29, 0.717) is 21.8 Å². The standard InChI is InChI=1S/C15H14O2S/c1-10-3-5-11(6-4-10)15(16)13-8-7-12(17-2)9-14(13)18/h3-9,18H,1-2H3. The number of carbonyl (C=O) groups excluding carboxylic acids is 1. The van der Waals surface area contributed by atoms with E-state index in [0.717, 1.165) is 5.56 Å². The summed E-state index contributed by atoms with van der Waals surface area (Å²) in [5.74, 6) is 0.670. The molecule has 0 amide bonds. The van der Waals surface area contributed by atoms with Crippen LogP contribution in [0, 0.1) is 6.92 Å². The highest BCUT2D eigenvalue weighted by molar-refractivity contribution is 7.80. The normalized spacial score (nSPS) is 10.2. The van der Waals surface area contributed by atoms with Crippen molar-refractivity contribution in [1.29, 1.82) is 0 Å². The van der Waals surface area contributed by atoms with Crippen LogP contribution in [0.25, 0.3) is 0 Å². The van der Waals surface area contributed by atoms with Crippen molar-refractivity contribution >= 4 is 18.4 Å². The molecule has 0 aromatic heterocycles. The lowest BCUT2D eigenvalue weighted by molar-refractivity contribution is 0.103. The van der Waals surface area contributed by atoms with E-state index in [4.69, 9.17) is 4.74 Å². The van der Waals surface area contributed by atoms with Crippen molar-refractivity contribution in [2.45, 2.75) is 11.8 Å². The van der Waals surface area contributed by atoms with Crippen LogP contribution < -0.4 is 4.74 Å². The number of methoxy groups -OCH3 is 1. The first-order chi connectivity index (χ1) is 8.61. The number of hydrogen-bond acceptors (Lipinski definition) is 3. The van der Waals surface area contributed by atoms with Gasteiger partial charge in [0.25, 0.3) is 0 Å². The molecule has 0 saturated carbocycles. The molecule has 0 radical (unpaired) electrons. The molecule has 0 spiro atoms. The summed E-state index contributed by atoms with van der Waals surface area (Å²) in [4.78, 5) is 12.9. The fraction of sp³-hybridized carbons (Fsp3) is 0.133. The average molecular weight is 258 g/mol. The van der Waals surface area contributed by atoms with Crippen LogP contribution in [-0.2, 0) is 0 Å². The molecule has 3 heteroatoms. The molecule has 2 aromatic rings. The molecule has 0 fully saturated rings. The number of carbonyl (C=O) groups is 1. The van der Waals surface area contributed by atoms with Crippen LogP contribution in [0.4, 0.5) is 0 Å². The monoisotopic (exact) mass is 258 g/mol. The molecule has 2 nitrogen and oxygen atoms in total. The molecule has 0 N–H and O–H groups in total. The molecule has 0 aliphatic heterocycles. The Labute approximate surface area is 112 Å². The highest BCUT2D eigenvalue weighted by Gasteiger charge is 2.12. The fourth-order valence-electron chi connectivity index (χ4n) is 1.69. The van der Waals surface area contributed by atoms with Gasteiger partial charge in [-0.3, -0.25) is 4.79 Å². The highest BCUT2D eigenvalue weighted by Crippen LogP contribution is 2.23. The van der Waals surface area contributed by atoms with Gasteiger partial charge in [-0.15, -0.1) is 12.6 Å². The van der Waals surface area contributed by atoms with E-state index >= 15 is 0 Å². The van der Waals surface area contributed by atoms with Gasteiger partial charge in [-0.25, -0.2) is 0 Å². The number of ketones is 1. The zero-order valence-corrected chi connectivity index (χ0v) is 11.2. The van der Waals surface area contributed by atoms with Crippen molar-refractivity contribution in [3.05, 3.63) is 59.2 Å². The number of hydrogen-bond donors (Lipinski definition) is 1.